The van der Waals surface area contributed by atoms with E-state index in [1.54, 1.807) is 7.11 Å². The molecule has 1 saturated heterocycles. The van der Waals surface area contributed by atoms with Gasteiger partial charge in [0.1, 0.15) is 5.75 Å². The Balaban J connectivity index is 2.01. The van der Waals surface area contributed by atoms with Gasteiger partial charge < -0.3 is 10.5 Å². The maximum absolute atomic E-state index is 5.90. The summed E-state index contributed by atoms with van der Waals surface area (Å²) in [6.07, 6.45) is 3.65. The smallest absolute Gasteiger partial charge is 0.119 e. The van der Waals surface area contributed by atoms with Crippen LogP contribution in [-0.4, -0.2) is 37.7 Å². The van der Waals surface area contributed by atoms with Gasteiger partial charge in [0.05, 0.1) is 7.11 Å². The summed E-state index contributed by atoms with van der Waals surface area (Å²) in [4.78, 5) is 2.51. The van der Waals surface area contributed by atoms with E-state index in [9.17, 15) is 0 Å². The van der Waals surface area contributed by atoms with Crippen LogP contribution in [0, 0.1) is 0 Å². The summed E-state index contributed by atoms with van der Waals surface area (Å²) in [5.74, 6) is 0.930. The number of hydrogen-bond acceptors (Lipinski definition) is 3. The minimum absolute atomic E-state index is 0.476. The van der Waals surface area contributed by atoms with Crippen molar-refractivity contribution in [2.45, 2.75) is 25.3 Å². The van der Waals surface area contributed by atoms with Crippen molar-refractivity contribution in [3.05, 3.63) is 29.8 Å². The molecule has 1 aromatic rings. The lowest BCUT2D eigenvalue weighted by molar-refractivity contribution is 0.246. The first-order valence-electron chi connectivity index (χ1n) is 6.40. The van der Waals surface area contributed by atoms with Crippen LogP contribution in [0.1, 0.15) is 18.4 Å². The van der Waals surface area contributed by atoms with Crippen molar-refractivity contribution in [2.75, 3.05) is 26.7 Å². The first kappa shape index (κ1) is 12.4. The highest BCUT2D eigenvalue weighted by Crippen LogP contribution is 2.18. The second-order valence-corrected chi connectivity index (χ2v) is 4.69. The molecule has 1 heterocycles. The summed E-state index contributed by atoms with van der Waals surface area (Å²) in [5.41, 5.74) is 7.21. The Bertz CT molecular complexity index is 348. The average Bonchev–Trinajstić information content (AvgIpc) is 2.90. The van der Waals surface area contributed by atoms with Crippen LogP contribution in [-0.2, 0) is 6.42 Å². The van der Waals surface area contributed by atoms with E-state index in [1.807, 2.05) is 12.1 Å². The fourth-order valence-electron chi connectivity index (χ4n) is 2.54. The zero-order valence-corrected chi connectivity index (χ0v) is 10.6. The molecule has 1 aromatic carbocycles. The fourth-order valence-corrected chi connectivity index (χ4v) is 2.54. The normalized spacial score (nSPS) is 18.2. The molecule has 1 aliphatic heterocycles. The molecule has 17 heavy (non-hydrogen) atoms. The number of methoxy groups -OCH3 is 1. The zero-order valence-electron chi connectivity index (χ0n) is 10.6. The number of ether oxygens (including phenoxy) is 1. The summed E-state index contributed by atoms with van der Waals surface area (Å²) >= 11 is 0. The van der Waals surface area contributed by atoms with Gasteiger partial charge in [-0.2, -0.15) is 0 Å². The first-order chi connectivity index (χ1) is 8.33. The Hall–Kier alpha value is -1.06. The third kappa shape index (κ3) is 3.20. The minimum atomic E-state index is 0.476. The maximum Gasteiger partial charge on any atom is 0.119 e. The van der Waals surface area contributed by atoms with Gasteiger partial charge in [0.15, 0.2) is 0 Å². The van der Waals surface area contributed by atoms with E-state index in [2.05, 4.69) is 17.0 Å². The Morgan fingerprint density at radius 2 is 2.12 bits per heavy atom. The van der Waals surface area contributed by atoms with Gasteiger partial charge in [-0.15, -0.1) is 0 Å². The van der Waals surface area contributed by atoms with Crippen molar-refractivity contribution < 1.29 is 4.74 Å². The SMILES string of the molecule is COc1cccc(CC(CN)N2CCCC2)c1. The number of nitrogens with zero attached hydrogens (tertiary/aromatic N) is 1. The molecule has 0 saturated carbocycles. The summed E-state index contributed by atoms with van der Waals surface area (Å²) in [6, 6.07) is 8.77. The predicted octanol–water partition coefficient (Wildman–Crippen LogP) is 1.66. The molecule has 94 valence electrons. The maximum atomic E-state index is 5.90. The third-order valence-corrected chi connectivity index (χ3v) is 3.53. The molecular formula is C14H22N2O. The van der Waals surface area contributed by atoms with E-state index < -0.39 is 0 Å². The number of rotatable bonds is 5. The molecule has 0 bridgehead atoms. The standard InChI is InChI=1S/C14H22N2O/c1-17-14-6-4-5-12(10-14)9-13(11-15)16-7-2-3-8-16/h4-6,10,13H,2-3,7-9,11,15H2,1H3. The van der Waals surface area contributed by atoms with Crippen LogP contribution in [0.15, 0.2) is 24.3 Å². The summed E-state index contributed by atoms with van der Waals surface area (Å²) in [5, 5.41) is 0. The molecular weight excluding hydrogens is 212 g/mol. The monoisotopic (exact) mass is 234 g/mol. The zero-order chi connectivity index (χ0) is 12.1. The lowest BCUT2D eigenvalue weighted by Crippen LogP contribution is -2.40. The van der Waals surface area contributed by atoms with Crippen LogP contribution >= 0.6 is 0 Å². The van der Waals surface area contributed by atoms with Gasteiger partial charge >= 0.3 is 0 Å². The van der Waals surface area contributed by atoms with Gasteiger partial charge in [0, 0.05) is 12.6 Å². The topological polar surface area (TPSA) is 38.5 Å². The van der Waals surface area contributed by atoms with Crippen molar-refractivity contribution in [1.29, 1.82) is 0 Å². The Kier molecular flexibility index (Phi) is 4.40. The van der Waals surface area contributed by atoms with Gasteiger partial charge in [-0.25, -0.2) is 0 Å². The molecule has 3 heteroatoms. The van der Waals surface area contributed by atoms with Crippen LogP contribution < -0.4 is 10.5 Å². The fraction of sp³-hybridized carbons (Fsp3) is 0.571. The van der Waals surface area contributed by atoms with Crippen LogP contribution in [0.25, 0.3) is 0 Å². The predicted molar refractivity (Wildman–Crippen MR) is 70.3 cm³/mol. The molecule has 0 radical (unpaired) electrons. The van der Waals surface area contributed by atoms with Crippen molar-refractivity contribution in [1.82, 2.24) is 4.90 Å². The Labute approximate surface area is 104 Å². The number of benzene rings is 1. The first-order valence-corrected chi connectivity index (χ1v) is 6.40. The van der Waals surface area contributed by atoms with E-state index in [0.717, 1.165) is 18.7 Å². The lowest BCUT2D eigenvalue weighted by Gasteiger charge is -2.26. The van der Waals surface area contributed by atoms with Gasteiger partial charge in [-0.05, 0) is 50.0 Å². The molecule has 2 rings (SSSR count). The summed E-state index contributed by atoms with van der Waals surface area (Å²) in [6.45, 7) is 3.13. The summed E-state index contributed by atoms with van der Waals surface area (Å²) < 4.78 is 5.25. The second kappa shape index (κ2) is 6.03. The van der Waals surface area contributed by atoms with Crippen LogP contribution in [0.2, 0.25) is 0 Å². The molecule has 1 aliphatic rings. The molecule has 1 unspecified atom stereocenters. The van der Waals surface area contributed by atoms with Crippen molar-refractivity contribution >= 4 is 0 Å². The highest BCUT2D eigenvalue weighted by molar-refractivity contribution is 5.29. The molecule has 3 nitrogen and oxygen atoms in total. The van der Waals surface area contributed by atoms with Gasteiger partial charge in [-0.1, -0.05) is 12.1 Å². The van der Waals surface area contributed by atoms with E-state index in [1.165, 1.54) is 31.5 Å². The summed E-state index contributed by atoms with van der Waals surface area (Å²) in [7, 11) is 1.71. The highest BCUT2D eigenvalue weighted by Gasteiger charge is 2.20. The Morgan fingerprint density at radius 1 is 1.35 bits per heavy atom. The minimum Gasteiger partial charge on any atom is -0.497 e. The molecule has 0 aliphatic carbocycles. The molecule has 0 spiro atoms. The molecule has 1 fully saturated rings. The largest absolute Gasteiger partial charge is 0.497 e. The average molecular weight is 234 g/mol. The van der Waals surface area contributed by atoms with E-state index in [4.69, 9.17) is 10.5 Å². The lowest BCUT2D eigenvalue weighted by atomic mass is 10.0. The third-order valence-electron chi connectivity index (χ3n) is 3.53. The molecule has 1 atom stereocenters. The van der Waals surface area contributed by atoms with Crippen molar-refractivity contribution in [2.24, 2.45) is 5.73 Å². The molecule has 0 amide bonds. The van der Waals surface area contributed by atoms with E-state index in [-0.39, 0.29) is 0 Å². The number of nitrogens with two attached hydrogens (primary N) is 1. The van der Waals surface area contributed by atoms with Gasteiger partial charge in [-0.3, -0.25) is 4.90 Å². The number of hydrogen-bond donors (Lipinski definition) is 1. The van der Waals surface area contributed by atoms with E-state index in [0.29, 0.717) is 6.04 Å². The quantitative estimate of drug-likeness (QED) is 0.842. The van der Waals surface area contributed by atoms with E-state index >= 15 is 0 Å². The molecule has 0 aromatic heterocycles. The van der Waals surface area contributed by atoms with Gasteiger partial charge in [0.2, 0.25) is 0 Å². The van der Waals surface area contributed by atoms with Gasteiger partial charge in [0.25, 0.3) is 0 Å². The molecule has 2 N–H and O–H groups in total. The van der Waals surface area contributed by atoms with Crippen molar-refractivity contribution in [3.8, 4) is 5.75 Å². The van der Waals surface area contributed by atoms with Crippen LogP contribution in [0.5, 0.6) is 5.75 Å². The van der Waals surface area contributed by atoms with Crippen LogP contribution in [0.3, 0.4) is 0 Å². The Morgan fingerprint density at radius 3 is 2.76 bits per heavy atom. The number of likely N-dealkylation sites (tertiary alicyclic amines) is 1. The van der Waals surface area contributed by atoms with Crippen LogP contribution in [0.4, 0.5) is 0 Å². The highest BCUT2D eigenvalue weighted by atomic mass is 16.5. The van der Waals surface area contributed by atoms with Crippen molar-refractivity contribution in [3.63, 3.8) is 0 Å². The second-order valence-electron chi connectivity index (χ2n) is 4.69.